The number of halogens is 4. The minimum absolute atomic E-state index is 0.0199. The van der Waals surface area contributed by atoms with Gasteiger partial charge in [-0.15, -0.1) is 0 Å². The largest absolute Gasteiger partial charge is 0.451 e. The molecule has 0 radical (unpaired) electrons. The molecule has 0 fully saturated rings. The average molecular weight is 356 g/mol. The van der Waals surface area contributed by atoms with E-state index in [0.717, 1.165) is 0 Å². The molecule has 0 aromatic carbocycles. The summed E-state index contributed by atoms with van der Waals surface area (Å²) in [7, 11) is 0. The molecular formula is C13H21BrF3N3. The number of anilines is 1. The maximum Gasteiger partial charge on any atom is 0.451 e. The number of nitrogens with two attached hydrogens (primary N) is 1. The lowest BCUT2D eigenvalue weighted by molar-refractivity contribution is -0.145. The molecule has 7 heteroatoms. The van der Waals surface area contributed by atoms with E-state index in [2.05, 4.69) is 53.6 Å². The number of nitrogens with zero attached hydrogens (tertiary/aromatic N) is 2. The van der Waals surface area contributed by atoms with Gasteiger partial charge in [-0.3, -0.25) is 0 Å². The molecule has 0 bridgehead atoms. The second-order valence-electron chi connectivity index (χ2n) is 6.29. The van der Waals surface area contributed by atoms with Gasteiger partial charge >= 0.3 is 6.18 Å². The van der Waals surface area contributed by atoms with Crippen molar-refractivity contribution in [3.8, 4) is 0 Å². The molecule has 0 saturated carbocycles. The van der Waals surface area contributed by atoms with Gasteiger partial charge in [0.2, 0.25) is 5.82 Å². The highest BCUT2D eigenvalue weighted by Gasteiger charge is 2.36. The molecular weight excluding hydrogens is 335 g/mol. The highest BCUT2D eigenvalue weighted by Crippen LogP contribution is 2.32. The van der Waals surface area contributed by atoms with E-state index < -0.39 is 12.0 Å². The topological polar surface area (TPSA) is 51.8 Å². The first-order valence-electron chi connectivity index (χ1n) is 6.13. The van der Waals surface area contributed by atoms with Crippen LogP contribution in [0.5, 0.6) is 0 Å². The van der Waals surface area contributed by atoms with E-state index in [9.17, 15) is 13.2 Å². The molecule has 0 aliphatic carbocycles. The molecule has 20 heavy (non-hydrogen) atoms. The maximum atomic E-state index is 12.4. The fraction of sp³-hybridized carbons (Fsp3) is 0.692. The second kappa shape index (κ2) is 6.74. The molecule has 0 amide bonds. The zero-order chi connectivity index (χ0) is 16.3. The smallest absolute Gasteiger partial charge is 0.395 e. The minimum atomic E-state index is -4.56. The molecule has 0 aliphatic heterocycles. The van der Waals surface area contributed by atoms with Crippen molar-refractivity contribution < 1.29 is 13.2 Å². The Kier molecular flexibility index (Phi) is 6.45. The van der Waals surface area contributed by atoms with Gasteiger partial charge in [0.15, 0.2) is 0 Å². The molecule has 1 heterocycles. The Hall–Kier alpha value is -0.850. The summed E-state index contributed by atoms with van der Waals surface area (Å²) < 4.78 is 37.0. The lowest BCUT2D eigenvalue weighted by Crippen LogP contribution is -2.15. The van der Waals surface area contributed by atoms with Gasteiger partial charge in [0.05, 0.1) is 11.4 Å². The van der Waals surface area contributed by atoms with Gasteiger partial charge in [0.1, 0.15) is 4.60 Å². The SMILES string of the molecule is CC(C)(C)C.CC(C)c1nc(C(F)(F)F)nc(Br)c1N. The first-order valence-corrected chi connectivity index (χ1v) is 6.93. The Morgan fingerprint density at radius 3 is 1.75 bits per heavy atom. The zero-order valence-corrected chi connectivity index (χ0v) is 14.1. The highest BCUT2D eigenvalue weighted by molar-refractivity contribution is 9.10. The summed E-state index contributed by atoms with van der Waals surface area (Å²) in [6.07, 6.45) is -4.56. The molecule has 1 aromatic rings. The molecule has 1 rings (SSSR count). The zero-order valence-electron chi connectivity index (χ0n) is 12.6. The van der Waals surface area contributed by atoms with Crippen LogP contribution in [-0.4, -0.2) is 9.97 Å². The number of aromatic nitrogens is 2. The third-order valence-electron chi connectivity index (χ3n) is 1.73. The van der Waals surface area contributed by atoms with Gasteiger partial charge in [0, 0.05) is 0 Å². The molecule has 0 atom stereocenters. The highest BCUT2D eigenvalue weighted by atomic mass is 79.9. The van der Waals surface area contributed by atoms with Crippen LogP contribution in [0, 0.1) is 5.41 Å². The molecule has 1 aromatic heterocycles. The fourth-order valence-corrected chi connectivity index (χ4v) is 1.40. The van der Waals surface area contributed by atoms with E-state index >= 15 is 0 Å². The Balaban J connectivity index is 0.000000621. The monoisotopic (exact) mass is 355 g/mol. The third kappa shape index (κ3) is 7.07. The van der Waals surface area contributed by atoms with Crippen LogP contribution in [0.3, 0.4) is 0 Å². The number of alkyl halides is 3. The van der Waals surface area contributed by atoms with Gasteiger partial charge in [0.25, 0.3) is 0 Å². The average Bonchev–Trinajstić information content (AvgIpc) is 2.17. The fourth-order valence-electron chi connectivity index (χ4n) is 1.03. The summed E-state index contributed by atoms with van der Waals surface area (Å²) in [6, 6.07) is 0. The third-order valence-corrected chi connectivity index (χ3v) is 2.33. The Bertz CT molecular complexity index is 445. The van der Waals surface area contributed by atoms with Gasteiger partial charge < -0.3 is 5.73 Å². The molecule has 0 saturated heterocycles. The Morgan fingerprint density at radius 2 is 1.45 bits per heavy atom. The Morgan fingerprint density at radius 1 is 1.05 bits per heavy atom. The molecule has 0 unspecified atom stereocenters. The minimum Gasteiger partial charge on any atom is -0.395 e. The van der Waals surface area contributed by atoms with Crippen molar-refractivity contribution in [2.24, 2.45) is 5.41 Å². The van der Waals surface area contributed by atoms with Gasteiger partial charge in [-0.05, 0) is 27.3 Å². The lowest BCUT2D eigenvalue weighted by atomic mass is 10.0. The van der Waals surface area contributed by atoms with Crippen LogP contribution >= 0.6 is 15.9 Å². The second-order valence-corrected chi connectivity index (χ2v) is 7.04. The quantitative estimate of drug-likeness (QED) is 0.719. The molecule has 0 aliphatic rings. The lowest BCUT2D eigenvalue weighted by Gasteiger charge is -2.12. The predicted molar refractivity (Wildman–Crippen MR) is 78.4 cm³/mol. The van der Waals surface area contributed by atoms with Gasteiger partial charge in [-0.2, -0.15) is 13.2 Å². The van der Waals surface area contributed by atoms with Crippen molar-refractivity contribution in [2.75, 3.05) is 5.73 Å². The molecule has 2 N–H and O–H groups in total. The van der Waals surface area contributed by atoms with E-state index in [0.29, 0.717) is 5.41 Å². The van der Waals surface area contributed by atoms with Crippen molar-refractivity contribution in [1.29, 1.82) is 0 Å². The molecule has 0 spiro atoms. The summed E-state index contributed by atoms with van der Waals surface area (Å²) >= 11 is 2.88. The Labute approximate surface area is 126 Å². The summed E-state index contributed by atoms with van der Waals surface area (Å²) in [5.41, 5.74) is 6.41. The van der Waals surface area contributed by atoms with Crippen LogP contribution in [0.4, 0.5) is 18.9 Å². The van der Waals surface area contributed by atoms with Crippen LogP contribution in [-0.2, 0) is 6.18 Å². The van der Waals surface area contributed by atoms with Crippen LogP contribution in [0.2, 0.25) is 0 Å². The van der Waals surface area contributed by atoms with E-state index in [-0.39, 0.29) is 21.9 Å². The summed E-state index contributed by atoms with van der Waals surface area (Å²) in [6.45, 7) is 12.2. The van der Waals surface area contributed by atoms with Crippen LogP contribution in [0.25, 0.3) is 0 Å². The number of nitrogen functional groups attached to an aromatic ring is 1. The van der Waals surface area contributed by atoms with Gasteiger partial charge in [-0.25, -0.2) is 9.97 Å². The standard InChI is InChI=1S/C8H9BrF3N3.C5H12/c1-3(2)5-4(13)6(9)15-7(14-5)8(10,11)12;1-5(2,3)4/h3H,13H2,1-2H3;1-4H3. The van der Waals surface area contributed by atoms with Crippen molar-refractivity contribution in [3.05, 3.63) is 16.1 Å². The van der Waals surface area contributed by atoms with Crippen molar-refractivity contribution in [1.82, 2.24) is 9.97 Å². The first kappa shape index (κ1) is 19.1. The first-order chi connectivity index (χ1) is 8.73. The van der Waals surface area contributed by atoms with Crippen molar-refractivity contribution in [2.45, 2.75) is 53.6 Å². The number of hydrogen-bond donors (Lipinski definition) is 1. The van der Waals surface area contributed by atoms with Gasteiger partial charge in [-0.1, -0.05) is 41.5 Å². The summed E-state index contributed by atoms with van der Waals surface area (Å²) in [5.74, 6) is -1.36. The number of rotatable bonds is 1. The predicted octanol–water partition coefficient (Wildman–Crippen LogP) is 5.02. The van der Waals surface area contributed by atoms with Crippen LogP contribution < -0.4 is 5.73 Å². The van der Waals surface area contributed by atoms with E-state index in [1.54, 1.807) is 13.8 Å². The normalized spacial score (nSPS) is 12.2. The van der Waals surface area contributed by atoms with E-state index in [4.69, 9.17) is 5.73 Å². The van der Waals surface area contributed by atoms with Crippen molar-refractivity contribution in [3.63, 3.8) is 0 Å². The molecule has 3 nitrogen and oxygen atoms in total. The summed E-state index contributed by atoms with van der Waals surface area (Å²) in [5, 5.41) is 0. The van der Waals surface area contributed by atoms with E-state index in [1.807, 2.05) is 0 Å². The summed E-state index contributed by atoms with van der Waals surface area (Å²) in [4.78, 5) is 6.66. The molecule has 116 valence electrons. The van der Waals surface area contributed by atoms with Crippen LogP contribution in [0.15, 0.2) is 4.60 Å². The number of hydrogen-bond acceptors (Lipinski definition) is 3. The van der Waals surface area contributed by atoms with Crippen LogP contribution in [0.1, 0.15) is 59.0 Å². The van der Waals surface area contributed by atoms with Crippen molar-refractivity contribution >= 4 is 21.6 Å². The van der Waals surface area contributed by atoms with E-state index in [1.165, 1.54) is 0 Å². The maximum absolute atomic E-state index is 12.4.